The fourth-order valence-electron chi connectivity index (χ4n) is 1.52. The van der Waals surface area contributed by atoms with Crippen LogP contribution >= 0.6 is 22.9 Å². The first kappa shape index (κ1) is 15.5. The number of aromatic nitrogens is 1. The Balaban J connectivity index is 2.27. The Morgan fingerprint density at radius 1 is 1.48 bits per heavy atom. The van der Waals surface area contributed by atoms with Gasteiger partial charge in [-0.25, -0.2) is 9.78 Å². The number of hydrogen-bond acceptors (Lipinski definition) is 6. The van der Waals surface area contributed by atoms with Gasteiger partial charge in [-0.1, -0.05) is 22.9 Å². The number of carbonyl (C=O) groups is 1. The quantitative estimate of drug-likeness (QED) is 0.658. The molecule has 0 unspecified atom stereocenters. The highest BCUT2D eigenvalue weighted by Gasteiger charge is 2.19. The number of amides is 1. The molecule has 0 spiro atoms. The molecule has 0 radical (unpaired) electrons. The molecular formula is C12H12ClN3O4S. The highest BCUT2D eigenvalue weighted by molar-refractivity contribution is 7.22. The number of benzene rings is 1. The summed E-state index contributed by atoms with van der Waals surface area (Å²) in [7, 11) is 0. The van der Waals surface area contributed by atoms with Gasteiger partial charge in [0.1, 0.15) is 10.6 Å². The predicted molar refractivity (Wildman–Crippen MR) is 81.1 cm³/mol. The second-order valence-corrected chi connectivity index (χ2v) is 6.61. The third kappa shape index (κ3) is 3.79. The van der Waals surface area contributed by atoms with Crippen LogP contribution in [-0.4, -0.2) is 21.6 Å². The summed E-state index contributed by atoms with van der Waals surface area (Å²) in [6.45, 7) is 5.23. The van der Waals surface area contributed by atoms with Gasteiger partial charge in [-0.2, -0.15) is 0 Å². The Morgan fingerprint density at radius 3 is 2.71 bits per heavy atom. The summed E-state index contributed by atoms with van der Waals surface area (Å²) in [6.07, 6.45) is -0.637. The maximum Gasteiger partial charge on any atom is 0.413 e. The highest BCUT2D eigenvalue weighted by atomic mass is 35.5. The lowest BCUT2D eigenvalue weighted by molar-refractivity contribution is -0.384. The molecule has 2 rings (SSSR count). The molecule has 9 heteroatoms. The van der Waals surface area contributed by atoms with E-state index in [1.54, 1.807) is 20.8 Å². The van der Waals surface area contributed by atoms with E-state index in [0.717, 1.165) is 11.3 Å². The number of nitrogens with zero attached hydrogens (tertiary/aromatic N) is 2. The second-order valence-electron chi connectivity index (χ2n) is 5.17. The van der Waals surface area contributed by atoms with E-state index in [9.17, 15) is 14.9 Å². The lowest BCUT2D eigenvalue weighted by Gasteiger charge is -2.18. The lowest BCUT2D eigenvalue weighted by Crippen LogP contribution is -2.27. The minimum atomic E-state index is -0.637. The average molecular weight is 330 g/mol. The van der Waals surface area contributed by atoms with Crippen LogP contribution in [0.1, 0.15) is 20.8 Å². The number of hydrogen-bond donors (Lipinski definition) is 1. The summed E-state index contributed by atoms with van der Waals surface area (Å²) < 4.78 is 5.66. The first-order valence-electron chi connectivity index (χ1n) is 5.90. The first-order valence-corrected chi connectivity index (χ1v) is 7.09. The summed E-state index contributed by atoms with van der Waals surface area (Å²) in [5.41, 5.74) is -0.346. The van der Waals surface area contributed by atoms with Crippen molar-refractivity contribution in [3.63, 3.8) is 0 Å². The maximum atomic E-state index is 11.6. The number of thiazole rings is 1. The van der Waals surface area contributed by atoms with Gasteiger partial charge in [-0.15, -0.1) is 0 Å². The van der Waals surface area contributed by atoms with E-state index >= 15 is 0 Å². The number of nitrogens with one attached hydrogen (secondary N) is 1. The van der Waals surface area contributed by atoms with Gasteiger partial charge in [0, 0.05) is 6.07 Å². The van der Waals surface area contributed by atoms with Gasteiger partial charge in [-0.05, 0) is 26.8 Å². The second kappa shape index (κ2) is 5.45. The number of nitro groups is 1. The van der Waals surface area contributed by atoms with Crippen molar-refractivity contribution in [2.75, 3.05) is 5.32 Å². The van der Waals surface area contributed by atoms with Crippen molar-refractivity contribution < 1.29 is 14.5 Å². The molecule has 0 aliphatic heterocycles. The Labute approximate surface area is 129 Å². The first-order chi connectivity index (χ1) is 9.65. The van der Waals surface area contributed by atoms with E-state index in [4.69, 9.17) is 16.3 Å². The minimum absolute atomic E-state index is 0.00150. The number of rotatable bonds is 2. The van der Waals surface area contributed by atoms with E-state index in [-0.39, 0.29) is 15.8 Å². The summed E-state index contributed by atoms with van der Waals surface area (Å²) in [4.78, 5) is 26.0. The fourth-order valence-corrected chi connectivity index (χ4v) is 2.62. The van der Waals surface area contributed by atoms with Crippen molar-refractivity contribution in [3.05, 3.63) is 27.3 Å². The zero-order valence-corrected chi connectivity index (χ0v) is 13.0. The van der Waals surface area contributed by atoms with Gasteiger partial charge in [0.05, 0.1) is 15.1 Å². The van der Waals surface area contributed by atoms with E-state index < -0.39 is 16.6 Å². The van der Waals surface area contributed by atoms with Gasteiger partial charge in [0.2, 0.25) is 0 Å². The normalized spacial score (nSPS) is 11.4. The van der Waals surface area contributed by atoms with Crippen LogP contribution in [0.15, 0.2) is 12.1 Å². The number of fused-ring (bicyclic) bond motifs is 1. The van der Waals surface area contributed by atoms with Crippen LogP contribution in [0, 0.1) is 10.1 Å². The molecule has 1 N–H and O–H groups in total. The molecule has 7 nitrogen and oxygen atoms in total. The van der Waals surface area contributed by atoms with Gasteiger partial charge < -0.3 is 4.74 Å². The lowest BCUT2D eigenvalue weighted by atomic mass is 10.2. The SMILES string of the molecule is CC(C)(C)OC(=O)Nc1nc2cc(Cl)c([N+](=O)[O-])cc2s1. The van der Waals surface area contributed by atoms with Crippen LogP contribution in [0.4, 0.5) is 15.6 Å². The van der Waals surface area contributed by atoms with Crippen LogP contribution in [0.25, 0.3) is 10.2 Å². The molecule has 1 aromatic carbocycles. The predicted octanol–water partition coefficient (Wildman–Crippen LogP) is 4.20. The number of ether oxygens (including phenoxy) is 1. The Kier molecular flexibility index (Phi) is 4.02. The Hall–Kier alpha value is -1.93. The maximum absolute atomic E-state index is 11.6. The molecule has 0 atom stereocenters. The molecule has 112 valence electrons. The number of anilines is 1. The zero-order chi connectivity index (χ0) is 15.8. The smallest absolute Gasteiger partial charge is 0.413 e. The molecule has 0 aliphatic rings. The monoisotopic (exact) mass is 329 g/mol. The number of halogens is 1. The van der Waals surface area contributed by atoms with Crippen molar-refractivity contribution in [1.29, 1.82) is 0 Å². The fraction of sp³-hybridized carbons (Fsp3) is 0.333. The molecule has 21 heavy (non-hydrogen) atoms. The molecule has 1 heterocycles. The molecule has 0 saturated carbocycles. The average Bonchev–Trinajstić information content (AvgIpc) is 2.65. The summed E-state index contributed by atoms with van der Waals surface area (Å²) >= 11 is 6.92. The van der Waals surface area contributed by atoms with Crippen LogP contribution in [0.2, 0.25) is 5.02 Å². The summed E-state index contributed by atoms with van der Waals surface area (Å²) in [5.74, 6) is 0. The molecule has 0 saturated heterocycles. The standard InChI is InChI=1S/C12H12ClN3O4S/c1-12(2,3)20-11(17)15-10-14-7-4-6(13)8(16(18)19)5-9(7)21-10/h4-5H,1-3H3,(H,14,15,17). The summed E-state index contributed by atoms with van der Waals surface area (Å²) in [5, 5.41) is 13.6. The Bertz CT molecular complexity index is 723. The molecule has 1 aromatic heterocycles. The summed E-state index contributed by atoms with van der Waals surface area (Å²) in [6, 6.07) is 2.72. The highest BCUT2D eigenvalue weighted by Crippen LogP contribution is 2.34. The van der Waals surface area contributed by atoms with Crippen molar-refractivity contribution in [2.24, 2.45) is 0 Å². The van der Waals surface area contributed by atoms with E-state index in [1.807, 2.05) is 0 Å². The third-order valence-corrected chi connectivity index (χ3v) is 3.50. The number of carbonyl (C=O) groups excluding carboxylic acids is 1. The van der Waals surface area contributed by atoms with Gasteiger partial charge >= 0.3 is 6.09 Å². The van der Waals surface area contributed by atoms with Crippen LogP contribution < -0.4 is 5.32 Å². The molecule has 0 fully saturated rings. The third-order valence-electron chi connectivity index (χ3n) is 2.26. The zero-order valence-electron chi connectivity index (χ0n) is 11.5. The minimum Gasteiger partial charge on any atom is -0.444 e. The molecule has 0 bridgehead atoms. The molecule has 1 amide bonds. The molecule has 2 aromatic rings. The van der Waals surface area contributed by atoms with Crippen LogP contribution in [0.3, 0.4) is 0 Å². The number of nitro benzene ring substituents is 1. The van der Waals surface area contributed by atoms with Gasteiger partial charge in [0.15, 0.2) is 5.13 Å². The largest absolute Gasteiger partial charge is 0.444 e. The molecule has 0 aliphatic carbocycles. The van der Waals surface area contributed by atoms with Crippen LogP contribution in [-0.2, 0) is 4.74 Å². The van der Waals surface area contributed by atoms with E-state index in [2.05, 4.69) is 10.3 Å². The molecular weight excluding hydrogens is 318 g/mol. The van der Waals surface area contributed by atoms with Crippen LogP contribution in [0.5, 0.6) is 0 Å². The Morgan fingerprint density at radius 2 is 2.14 bits per heavy atom. The van der Waals surface area contributed by atoms with Crippen molar-refractivity contribution in [1.82, 2.24) is 4.98 Å². The van der Waals surface area contributed by atoms with E-state index in [1.165, 1.54) is 12.1 Å². The van der Waals surface area contributed by atoms with Crippen molar-refractivity contribution >= 4 is 50.1 Å². The van der Waals surface area contributed by atoms with Gasteiger partial charge in [-0.3, -0.25) is 15.4 Å². The topological polar surface area (TPSA) is 94.4 Å². The van der Waals surface area contributed by atoms with Gasteiger partial charge in [0.25, 0.3) is 5.69 Å². The van der Waals surface area contributed by atoms with Crippen molar-refractivity contribution in [2.45, 2.75) is 26.4 Å². The van der Waals surface area contributed by atoms with E-state index in [0.29, 0.717) is 10.2 Å². The van der Waals surface area contributed by atoms with Crippen molar-refractivity contribution in [3.8, 4) is 0 Å².